The van der Waals surface area contributed by atoms with Gasteiger partial charge in [0.25, 0.3) is 0 Å². The molecule has 6 heteroatoms. The average Bonchev–Trinajstić information content (AvgIpc) is 1.82. The SMILES string of the molecule is C=C(S)CCCC(F)(F)C(F)(F)F. The first-order valence-corrected chi connectivity index (χ1v) is 3.93. The van der Waals surface area contributed by atoms with Crippen molar-refractivity contribution in [1.82, 2.24) is 0 Å². The highest BCUT2D eigenvalue weighted by atomic mass is 32.1. The lowest BCUT2D eigenvalue weighted by Crippen LogP contribution is -2.36. The molecule has 0 radical (unpaired) electrons. The highest BCUT2D eigenvalue weighted by Gasteiger charge is 2.56. The Kier molecular flexibility index (Phi) is 4.22. The molecule has 0 N–H and O–H groups in total. The Morgan fingerprint density at radius 2 is 1.62 bits per heavy atom. The van der Waals surface area contributed by atoms with E-state index in [2.05, 4.69) is 19.2 Å². The first-order chi connectivity index (χ1) is 5.67. The number of alkyl halides is 5. The Morgan fingerprint density at radius 3 is 1.92 bits per heavy atom. The summed E-state index contributed by atoms with van der Waals surface area (Å²) in [5.74, 6) is -4.60. The van der Waals surface area contributed by atoms with E-state index in [-0.39, 0.29) is 12.8 Å². The molecule has 0 aromatic carbocycles. The third kappa shape index (κ3) is 4.50. The summed E-state index contributed by atoms with van der Waals surface area (Å²) in [5.41, 5.74) is 0. The van der Waals surface area contributed by atoms with Gasteiger partial charge in [0.05, 0.1) is 0 Å². The first-order valence-electron chi connectivity index (χ1n) is 3.48. The van der Waals surface area contributed by atoms with E-state index in [0.29, 0.717) is 4.91 Å². The molecular formula is C7H9F5S. The van der Waals surface area contributed by atoms with E-state index in [4.69, 9.17) is 0 Å². The number of rotatable bonds is 4. The summed E-state index contributed by atoms with van der Waals surface area (Å²) in [4.78, 5) is 0.304. The van der Waals surface area contributed by atoms with Gasteiger partial charge >= 0.3 is 12.1 Å². The maximum atomic E-state index is 12.2. The van der Waals surface area contributed by atoms with Gasteiger partial charge in [-0.25, -0.2) is 0 Å². The summed E-state index contributed by atoms with van der Waals surface area (Å²) in [5, 5.41) is 0. The largest absolute Gasteiger partial charge is 0.453 e. The van der Waals surface area contributed by atoms with E-state index in [0.717, 1.165) is 0 Å². The lowest BCUT2D eigenvalue weighted by molar-refractivity contribution is -0.284. The monoisotopic (exact) mass is 220 g/mol. The minimum Gasteiger partial charge on any atom is -0.196 e. The van der Waals surface area contributed by atoms with Gasteiger partial charge < -0.3 is 0 Å². The van der Waals surface area contributed by atoms with Crippen LogP contribution in [0.5, 0.6) is 0 Å². The predicted octanol–water partition coefficient (Wildman–Crippen LogP) is 3.80. The highest BCUT2D eigenvalue weighted by molar-refractivity contribution is 7.84. The third-order valence-electron chi connectivity index (χ3n) is 1.37. The average molecular weight is 220 g/mol. The molecule has 0 unspecified atom stereocenters. The molecule has 78 valence electrons. The summed E-state index contributed by atoms with van der Waals surface area (Å²) in [6.07, 6.45) is -6.87. The maximum Gasteiger partial charge on any atom is 0.453 e. The highest BCUT2D eigenvalue weighted by Crippen LogP contribution is 2.39. The van der Waals surface area contributed by atoms with Gasteiger partial charge in [0.2, 0.25) is 0 Å². The van der Waals surface area contributed by atoms with Crippen molar-refractivity contribution < 1.29 is 22.0 Å². The Balaban J connectivity index is 3.97. The smallest absolute Gasteiger partial charge is 0.196 e. The second-order valence-electron chi connectivity index (χ2n) is 2.62. The van der Waals surface area contributed by atoms with Crippen LogP contribution in [-0.2, 0) is 0 Å². The standard InChI is InChI=1S/C7H9F5S/c1-5(13)3-2-4-6(8,9)7(10,11)12/h13H,1-4H2. The molecule has 0 amide bonds. The van der Waals surface area contributed by atoms with E-state index in [9.17, 15) is 22.0 Å². The lowest BCUT2D eigenvalue weighted by Gasteiger charge is -2.19. The zero-order valence-corrected chi connectivity index (χ0v) is 7.56. The van der Waals surface area contributed by atoms with Crippen molar-refractivity contribution in [3.05, 3.63) is 11.5 Å². The van der Waals surface area contributed by atoms with Crippen LogP contribution in [0.2, 0.25) is 0 Å². The Bertz CT molecular complexity index is 184. The second kappa shape index (κ2) is 4.30. The number of allylic oxidation sites excluding steroid dienone is 1. The van der Waals surface area contributed by atoms with Crippen LogP contribution in [0.3, 0.4) is 0 Å². The summed E-state index contributed by atoms with van der Waals surface area (Å²) in [7, 11) is 0. The summed E-state index contributed by atoms with van der Waals surface area (Å²) >= 11 is 3.68. The molecule has 0 aliphatic rings. The molecule has 0 saturated carbocycles. The van der Waals surface area contributed by atoms with Crippen molar-refractivity contribution in [1.29, 1.82) is 0 Å². The van der Waals surface area contributed by atoms with Crippen molar-refractivity contribution in [2.75, 3.05) is 0 Å². The molecule has 0 nitrogen and oxygen atoms in total. The fourth-order valence-corrected chi connectivity index (χ4v) is 0.814. The molecule has 0 rings (SSSR count). The molecule has 0 fully saturated rings. The topological polar surface area (TPSA) is 0 Å². The van der Waals surface area contributed by atoms with Gasteiger partial charge in [-0.15, -0.1) is 12.6 Å². The second-order valence-corrected chi connectivity index (χ2v) is 3.25. The first kappa shape index (κ1) is 12.7. The Hall–Kier alpha value is -0.260. The van der Waals surface area contributed by atoms with Crippen molar-refractivity contribution in [2.24, 2.45) is 0 Å². The number of thiol groups is 1. The van der Waals surface area contributed by atoms with Crippen molar-refractivity contribution >= 4 is 12.6 Å². The Labute approximate surface area is 78.2 Å². The molecule has 0 aliphatic carbocycles. The van der Waals surface area contributed by atoms with Gasteiger partial charge in [-0.05, 0) is 17.7 Å². The van der Waals surface area contributed by atoms with Gasteiger partial charge in [0.15, 0.2) is 0 Å². The van der Waals surface area contributed by atoms with Gasteiger partial charge in [-0.1, -0.05) is 6.58 Å². The summed E-state index contributed by atoms with van der Waals surface area (Å²) < 4.78 is 59.1. The van der Waals surface area contributed by atoms with E-state index in [1.54, 1.807) is 0 Å². The van der Waals surface area contributed by atoms with E-state index >= 15 is 0 Å². The molecule has 0 aromatic heterocycles. The lowest BCUT2D eigenvalue weighted by atomic mass is 10.1. The van der Waals surface area contributed by atoms with Crippen LogP contribution < -0.4 is 0 Å². The van der Waals surface area contributed by atoms with E-state index < -0.39 is 18.5 Å². The molecule has 0 saturated heterocycles. The van der Waals surface area contributed by atoms with Crippen molar-refractivity contribution in [2.45, 2.75) is 31.4 Å². The van der Waals surface area contributed by atoms with E-state index in [1.807, 2.05) is 0 Å². The Morgan fingerprint density at radius 1 is 1.15 bits per heavy atom. The zero-order chi connectivity index (χ0) is 10.7. The van der Waals surface area contributed by atoms with E-state index in [1.165, 1.54) is 0 Å². The van der Waals surface area contributed by atoms with Crippen LogP contribution in [0.15, 0.2) is 11.5 Å². The summed E-state index contributed by atoms with van der Waals surface area (Å²) in [6.45, 7) is 3.27. The normalized spacial score (nSPS) is 13.1. The fraction of sp³-hybridized carbons (Fsp3) is 0.714. The van der Waals surface area contributed by atoms with Gasteiger partial charge in [0.1, 0.15) is 0 Å². The van der Waals surface area contributed by atoms with Gasteiger partial charge in [-0.2, -0.15) is 22.0 Å². The third-order valence-corrected chi connectivity index (χ3v) is 1.59. The molecule has 13 heavy (non-hydrogen) atoms. The molecule has 0 aromatic rings. The molecule has 0 heterocycles. The molecular weight excluding hydrogens is 211 g/mol. The maximum absolute atomic E-state index is 12.2. The van der Waals surface area contributed by atoms with Crippen LogP contribution in [0.4, 0.5) is 22.0 Å². The van der Waals surface area contributed by atoms with Crippen molar-refractivity contribution in [3.63, 3.8) is 0 Å². The molecule has 0 bridgehead atoms. The molecule has 0 spiro atoms. The number of hydrogen-bond donors (Lipinski definition) is 1. The van der Waals surface area contributed by atoms with Gasteiger partial charge in [-0.3, -0.25) is 0 Å². The minimum absolute atomic E-state index is 0.0643. The quantitative estimate of drug-likeness (QED) is 0.540. The van der Waals surface area contributed by atoms with Crippen LogP contribution in [0, 0.1) is 0 Å². The number of halogens is 5. The number of hydrogen-bond acceptors (Lipinski definition) is 1. The van der Waals surface area contributed by atoms with Crippen LogP contribution in [0.1, 0.15) is 19.3 Å². The molecule has 0 aliphatic heterocycles. The minimum atomic E-state index is -5.45. The van der Waals surface area contributed by atoms with Crippen molar-refractivity contribution in [3.8, 4) is 0 Å². The predicted molar refractivity (Wildman–Crippen MR) is 43.0 cm³/mol. The summed E-state index contributed by atoms with van der Waals surface area (Å²) in [6, 6.07) is 0. The van der Waals surface area contributed by atoms with Crippen LogP contribution in [-0.4, -0.2) is 12.1 Å². The van der Waals surface area contributed by atoms with Crippen LogP contribution in [0.25, 0.3) is 0 Å². The van der Waals surface area contributed by atoms with Crippen LogP contribution >= 0.6 is 12.6 Å². The van der Waals surface area contributed by atoms with Gasteiger partial charge in [0, 0.05) is 6.42 Å². The zero-order valence-electron chi connectivity index (χ0n) is 6.67. The molecule has 0 atom stereocenters. The fourth-order valence-electron chi connectivity index (χ4n) is 0.656.